The number of anilines is 1. The highest BCUT2D eigenvalue weighted by atomic mass is 32.2. The zero-order chi connectivity index (χ0) is 22.0. The van der Waals surface area contributed by atoms with Crippen LogP contribution in [-0.4, -0.2) is 18.2 Å². The molecule has 0 bridgehead atoms. The van der Waals surface area contributed by atoms with Gasteiger partial charge in [-0.1, -0.05) is 42.1 Å². The summed E-state index contributed by atoms with van der Waals surface area (Å²) >= 11 is 1.41. The maximum atomic E-state index is 12.6. The number of carbonyl (C=O) groups excluding carboxylic acids is 2. The van der Waals surface area contributed by atoms with Gasteiger partial charge in [0.05, 0.1) is 11.3 Å². The lowest BCUT2D eigenvalue weighted by atomic mass is 10.1. The van der Waals surface area contributed by atoms with Gasteiger partial charge in [0.2, 0.25) is 0 Å². The summed E-state index contributed by atoms with van der Waals surface area (Å²) in [4.78, 5) is 26.7. The molecule has 0 saturated carbocycles. The quantitative estimate of drug-likeness (QED) is 0.578. The van der Waals surface area contributed by atoms with E-state index in [2.05, 4.69) is 15.4 Å². The van der Waals surface area contributed by atoms with Crippen LogP contribution in [0.15, 0.2) is 76.5 Å². The molecule has 2 N–H and O–H groups in total. The van der Waals surface area contributed by atoms with Crippen molar-refractivity contribution in [1.29, 1.82) is 0 Å². The van der Waals surface area contributed by atoms with Gasteiger partial charge in [0.25, 0.3) is 11.8 Å². The molecule has 4 rings (SSSR count). The lowest BCUT2D eigenvalue weighted by Crippen LogP contribution is -2.24. The van der Waals surface area contributed by atoms with Gasteiger partial charge in [-0.3, -0.25) is 9.59 Å². The van der Waals surface area contributed by atoms with E-state index in [1.165, 1.54) is 30.0 Å². The predicted molar refractivity (Wildman–Crippen MR) is 109 cm³/mol. The van der Waals surface area contributed by atoms with E-state index >= 15 is 0 Å². The smallest absolute Gasteiger partial charge is 0.405 e. The summed E-state index contributed by atoms with van der Waals surface area (Å²) in [5, 5.41) is 5.38. The third-order valence-corrected chi connectivity index (χ3v) is 5.63. The highest BCUT2D eigenvalue weighted by Crippen LogP contribution is 2.39. The Bertz CT molecular complexity index is 1160. The molecule has 0 spiro atoms. The van der Waals surface area contributed by atoms with Crippen molar-refractivity contribution in [3.8, 4) is 5.75 Å². The molecule has 158 valence electrons. The number of alkyl halides is 3. The Balaban J connectivity index is 1.50. The minimum atomic E-state index is -4.83. The van der Waals surface area contributed by atoms with E-state index in [1.54, 1.807) is 36.4 Å². The van der Waals surface area contributed by atoms with Crippen molar-refractivity contribution in [3.63, 3.8) is 0 Å². The number of carbonyl (C=O) groups is 2. The Labute approximate surface area is 179 Å². The fourth-order valence-corrected chi connectivity index (χ4v) is 4.07. The van der Waals surface area contributed by atoms with E-state index < -0.39 is 12.3 Å². The van der Waals surface area contributed by atoms with Gasteiger partial charge in [0, 0.05) is 27.5 Å². The molecule has 31 heavy (non-hydrogen) atoms. The summed E-state index contributed by atoms with van der Waals surface area (Å²) in [5.41, 5.74) is 1.47. The molecule has 1 aliphatic rings. The van der Waals surface area contributed by atoms with Crippen molar-refractivity contribution >= 4 is 29.3 Å². The number of rotatable bonds is 4. The van der Waals surface area contributed by atoms with Crippen molar-refractivity contribution in [2.75, 3.05) is 5.32 Å². The third kappa shape index (κ3) is 4.83. The van der Waals surface area contributed by atoms with Crippen LogP contribution in [0.2, 0.25) is 0 Å². The molecule has 1 aliphatic heterocycles. The van der Waals surface area contributed by atoms with Crippen LogP contribution in [0.5, 0.6) is 5.75 Å². The van der Waals surface area contributed by atoms with Gasteiger partial charge in [-0.15, -0.1) is 13.2 Å². The number of benzene rings is 3. The zero-order valence-electron chi connectivity index (χ0n) is 15.8. The summed E-state index contributed by atoms with van der Waals surface area (Å²) in [5.74, 6) is -1.15. The molecule has 0 radical (unpaired) electrons. The van der Waals surface area contributed by atoms with Crippen molar-refractivity contribution in [2.45, 2.75) is 22.7 Å². The van der Waals surface area contributed by atoms with E-state index in [0.717, 1.165) is 9.79 Å². The molecule has 0 aliphatic carbocycles. The number of para-hydroxylation sites is 1. The Kier molecular flexibility index (Phi) is 5.60. The Morgan fingerprint density at radius 1 is 1.00 bits per heavy atom. The topological polar surface area (TPSA) is 67.4 Å². The van der Waals surface area contributed by atoms with Gasteiger partial charge >= 0.3 is 6.36 Å². The molecule has 0 fully saturated rings. The maximum absolute atomic E-state index is 12.6. The van der Waals surface area contributed by atoms with Crippen molar-refractivity contribution < 1.29 is 27.5 Å². The average molecular weight is 444 g/mol. The number of fused-ring (bicyclic) bond motifs is 2. The summed E-state index contributed by atoms with van der Waals surface area (Å²) in [6, 6.07) is 17.6. The molecule has 5 nitrogen and oxygen atoms in total. The Hall–Kier alpha value is -3.46. The first-order valence-corrected chi connectivity index (χ1v) is 9.96. The van der Waals surface area contributed by atoms with Gasteiger partial charge in [-0.2, -0.15) is 0 Å². The molecular formula is C22H15F3N2O3S. The summed E-state index contributed by atoms with van der Waals surface area (Å²) in [6.07, 6.45) is -4.83. The zero-order valence-corrected chi connectivity index (χ0v) is 16.6. The second kappa shape index (κ2) is 8.35. The first kappa shape index (κ1) is 20.8. The van der Waals surface area contributed by atoms with Crippen LogP contribution >= 0.6 is 11.8 Å². The van der Waals surface area contributed by atoms with Crippen LogP contribution in [0, 0.1) is 0 Å². The van der Waals surface area contributed by atoms with Crippen LogP contribution in [-0.2, 0) is 6.54 Å². The normalized spacial score (nSPS) is 12.8. The molecule has 9 heteroatoms. The van der Waals surface area contributed by atoms with Crippen molar-refractivity contribution in [3.05, 3.63) is 83.4 Å². The molecule has 3 aromatic carbocycles. The van der Waals surface area contributed by atoms with Crippen LogP contribution in [0.1, 0.15) is 26.3 Å². The standard InChI is InChI=1S/C22H15F3N2O3S/c23-22(24,25)30-17-7-3-1-5-14(17)12-26-20(28)13-9-10-19-16(11-13)27-21(29)15-6-2-4-8-18(15)31-19/h1-11H,12H2,(H,26,28)(H,27,29). The number of nitrogens with one attached hydrogen (secondary N) is 2. The molecule has 2 amide bonds. The number of halogens is 3. The molecule has 0 unspecified atom stereocenters. The van der Waals surface area contributed by atoms with Crippen LogP contribution in [0.4, 0.5) is 18.9 Å². The molecule has 0 saturated heterocycles. The summed E-state index contributed by atoms with van der Waals surface area (Å²) in [7, 11) is 0. The fourth-order valence-electron chi connectivity index (χ4n) is 3.06. The first-order valence-electron chi connectivity index (χ1n) is 9.14. The van der Waals surface area contributed by atoms with Crippen LogP contribution in [0.3, 0.4) is 0 Å². The van der Waals surface area contributed by atoms with Gasteiger partial charge in [-0.05, 0) is 36.4 Å². The molecule has 1 heterocycles. The van der Waals surface area contributed by atoms with E-state index in [4.69, 9.17) is 0 Å². The second-order valence-electron chi connectivity index (χ2n) is 6.60. The van der Waals surface area contributed by atoms with E-state index in [-0.39, 0.29) is 29.3 Å². The highest BCUT2D eigenvalue weighted by Gasteiger charge is 2.32. The number of ether oxygens (including phenoxy) is 1. The molecule has 3 aromatic rings. The largest absolute Gasteiger partial charge is 0.573 e. The van der Waals surface area contributed by atoms with Crippen LogP contribution in [0.25, 0.3) is 0 Å². The molecular weight excluding hydrogens is 429 g/mol. The fraction of sp³-hybridized carbons (Fsp3) is 0.0909. The number of hydrogen-bond acceptors (Lipinski definition) is 4. The maximum Gasteiger partial charge on any atom is 0.573 e. The van der Waals surface area contributed by atoms with Gasteiger partial charge < -0.3 is 15.4 Å². The Morgan fingerprint density at radius 2 is 1.74 bits per heavy atom. The summed E-state index contributed by atoms with van der Waals surface area (Å²) in [6.45, 7) is -0.158. The van der Waals surface area contributed by atoms with E-state index in [1.807, 2.05) is 12.1 Å². The first-order chi connectivity index (χ1) is 14.8. The third-order valence-electron chi connectivity index (χ3n) is 4.48. The van der Waals surface area contributed by atoms with Gasteiger partial charge in [0.15, 0.2) is 0 Å². The SMILES string of the molecule is O=C(NCc1ccccc1OC(F)(F)F)c1ccc2c(c1)NC(=O)c1ccccc1S2. The monoisotopic (exact) mass is 444 g/mol. The van der Waals surface area contributed by atoms with Gasteiger partial charge in [0.1, 0.15) is 5.75 Å². The lowest BCUT2D eigenvalue weighted by molar-refractivity contribution is -0.274. The Morgan fingerprint density at radius 3 is 2.55 bits per heavy atom. The number of hydrogen-bond donors (Lipinski definition) is 2. The second-order valence-corrected chi connectivity index (χ2v) is 7.69. The lowest BCUT2D eigenvalue weighted by Gasteiger charge is -2.14. The minimum absolute atomic E-state index is 0.158. The van der Waals surface area contributed by atoms with E-state index in [9.17, 15) is 22.8 Å². The van der Waals surface area contributed by atoms with Crippen molar-refractivity contribution in [2.24, 2.45) is 0 Å². The van der Waals surface area contributed by atoms with E-state index in [0.29, 0.717) is 11.3 Å². The predicted octanol–water partition coefficient (Wildman–Crippen LogP) is 5.23. The van der Waals surface area contributed by atoms with Crippen LogP contribution < -0.4 is 15.4 Å². The minimum Gasteiger partial charge on any atom is -0.405 e. The molecule has 0 atom stereocenters. The number of amides is 2. The molecule has 0 aromatic heterocycles. The van der Waals surface area contributed by atoms with Gasteiger partial charge in [-0.25, -0.2) is 0 Å². The highest BCUT2D eigenvalue weighted by molar-refractivity contribution is 7.99. The average Bonchev–Trinajstić information content (AvgIpc) is 2.87. The summed E-state index contributed by atoms with van der Waals surface area (Å²) < 4.78 is 41.7. The van der Waals surface area contributed by atoms with Crippen molar-refractivity contribution in [1.82, 2.24) is 5.32 Å².